The van der Waals surface area contributed by atoms with Gasteiger partial charge in [-0.1, -0.05) is 0 Å². The number of aromatic nitrogens is 1. The summed E-state index contributed by atoms with van der Waals surface area (Å²) in [6.45, 7) is 4.39. The maximum Gasteiger partial charge on any atom is 0.213 e. The highest BCUT2D eigenvalue weighted by Crippen LogP contribution is 2.12. The summed E-state index contributed by atoms with van der Waals surface area (Å²) in [5.41, 5.74) is 2.20. The lowest BCUT2D eigenvalue weighted by Crippen LogP contribution is -2.19. The molecule has 0 radical (unpaired) electrons. The standard InChI is InChI=1S/C12H21N3O/c1-10-7-11(9-13-2)8-12(14-10)16-6-5-15(3)4/h7-8,13H,5-6,9H2,1-4H3. The Labute approximate surface area is 97.6 Å². The zero-order valence-electron chi connectivity index (χ0n) is 10.6. The van der Waals surface area contributed by atoms with Crippen molar-refractivity contribution in [3.05, 3.63) is 23.4 Å². The van der Waals surface area contributed by atoms with E-state index in [4.69, 9.17) is 4.74 Å². The van der Waals surface area contributed by atoms with Crippen LogP contribution in [0, 0.1) is 6.92 Å². The van der Waals surface area contributed by atoms with Gasteiger partial charge in [0.2, 0.25) is 5.88 Å². The van der Waals surface area contributed by atoms with Crippen molar-refractivity contribution in [1.29, 1.82) is 0 Å². The van der Waals surface area contributed by atoms with Crippen molar-refractivity contribution in [2.75, 3.05) is 34.3 Å². The van der Waals surface area contributed by atoms with Crippen LogP contribution in [0.3, 0.4) is 0 Å². The lowest BCUT2D eigenvalue weighted by Gasteiger charge is -2.11. The predicted octanol–water partition coefficient (Wildman–Crippen LogP) is 1.05. The lowest BCUT2D eigenvalue weighted by atomic mass is 10.2. The van der Waals surface area contributed by atoms with Gasteiger partial charge in [-0.25, -0.2) is 4.98 Å². The summed E-state index contributed by atoms with van der Waals surface area (Å²) in [5, 5.41) is 3.12. The maximum atomic E-state index is 5.60. The molecule has 16 heavy (non-hydrogen) atoms. The van der Waals surface area contributed by atoms with Crippen LogP contribution >= 0.6 is 0 Å². The molecule has 0 amide bonds. The quantitative estimate of drug-likeness (QED) is 0.782. The van der Waals surface area contributed by atoms with Gasteiger partial charge in [0, 0.05) is 24.8 Å². The van der Waals surface area contributed by atoms with E-state index in [1.165, 1.54) is 5.56 Å². The maximum absolute atomic E-state index is 5.60. The minimum Gasteiger partial charge on any atom is -0.476 e. The summed E-state index contributed by atoms with van der Waals surface area (Å²) in [6.07, 6.45) is 0. The molecule has 0 unspecified atom stereocenters. The number of nitrogens with zero attached hydrogens (tertiary/aromatic N) is 2. The first-order chi connectivity index (χ1) is 7.61. The number of hydrogen-bond donors (Lipinski definition) is 1. The molecule has 1 aromatic rings. The molecule has 1 rings (SSSR count). The van der Waals surface area contributed by atoms with Gasteiger partial charge in [0.05, 0.1) is 0 Å². The zero-order valence-corrected chi connectivity index (χ0v) is 10.6. The van der Waals surface area contributed by atoms with E-state index in [1.54, 1.807) is 0 Å². The minimum absolute atomic E-state index is 0.669. The van der Waals surface area contributed by atoms with Gasteiger partial charge in [-0.05, 0) is 39.7 Å². The average Bonchev–Trinajstić information content (AvgIpc) is 2.16. The lowest BCUT2D eigenvalue weighted by molar-refractivity contribution is 0.253. The first-order valence-electron chi connectivity index (χ1n) is 5.51. The number of ether oxygens (including phenoxy) is 1. The van der Waals surface area contributed by atoms with Crippen LogP contribution in [0.15, 0.2) is 12.1 Å². The molecule has 0 saturated carbocycles. The number of nitrogens with one attached hydrogen (secondary N) is 1. The van der Waals surface area contributed by atoms with Crippen molar-refractivity contribution in [3.8, 4) is 5.88 Å². The van der Waals surface area contributed by atoms with Crippen LogP contribution in [-0.4, -0.2) is 44.2 Å². The topological polar surface area (TPSA) is 37.4 Å². The molecule has 1 N–H and O–H groups in total. The van der Waals surface area contributed by atoms with Crippen molar-refractivity contribution in [2.45, 2.75) is 13.5 Å². The monoisotopic (exact) mass is 223 g/mol. The van der Waals surface area contributed by atoms with E-state index in [1.807, 2.05) is 34.1 Å². The highest BCUT2D eigenvalue weighted by molar-refractivity contribution is 5.24. The molecule has 0 fully saturated rings. The highest BCUT2D eigenvalue weighted by Gasteiger charge is 2.01. The smallest absolute Gasteiger partial charge is 0.213 e. The molecular formula is C12H21N3O. The van der Waals surface area contributed by atoms with Crippen molar-refractivity contribution in [1.82, 2.24) is 15.2 Å². The molecule has 0 atom stereocenters. The number of hydrogen-bond acceptors (Lipinski definition) is 4. The van der Waals surface area contributed by atoms with E-state index < -0.39 is 0 Å². The highest BCUT2D eigenvalue weighted by atomic mass is 16.5. The second-order valence-electron chi connectivity index (χ2n) is 4.14. The van der Waals surface area contributed by atoms with Crippen LogP contribution in [0.5, 0.6) is 5.88 Å². The van der Waals surface area contributed by atoms with E-state index >= 15 is 0 Å². The molecule has 0 aliphatic heterocycles. The third-order valence-electron chi connectivity index (χ3n) is 2.16. The Morgan fingerprint density at radius 1 is 1.38 bits per heavy atom. The Hall–Kier alpha value is -1.13. The molecule has 1 aromatic heterocycles. The SMILES string of the molecule is CNCc1cc(C)nc(OCCN(C)C)c1. The fraction of sp³-hybridized carbons (Fsp3) is 0.583. The van der Waals surface area contributed by atoms with E-state index in [-0.39, 0.29) is 0 Å². The molecule has 0 aromatic carbocycles. The van der Waals surface area contributed by atoms with Crippen LogP contribution in [0.4, 0.5) is 0 Å². The van der Waals surface area contributed by atoms with Gasteiger partial charge in [-0.3, -0.25) is 0 Å². The third-order valence-corrected chi connectivity index (χ3v) is 2.16. The molecule has 90 valence electrons. The predicted molar refractivity (Wildman–Crippen MR) is 65.8 cm³/mol. The van der Waals surface area contributed by atoms with Gasteiger partial charge in [0.25, 0.3) is 0 Å². The van der Waals surface area contributed by atoms with Crippen molar-refractivity contribution in [2.24, 2.45) is 0 Å². The second-order valence-corrected chi connectivity index (χ2v) is 4.14. The molecule has 4 nitrogen and oxygen atoms in total. The van der Waals surface area contributed by atoms with Gasteiger partial charge < -0.3 is 15.0 Å². The molecule has 1 heterocycles. The van der Waals surface area contributed by atoms with Crippen LogP contribution < -0.4 is 10.1 Å². The summed E-state index contributed by atoms with van der Waals surface area (Å²) < 4.78 is 5.60. The number of pyridine rings is 1. The first-order valence-corrected chi connectivity index (χ1v) is 5.51. The van der Waals surface area contributed by atoms with Crippen molar-refractivity contribution >= 4 is 0 Å². The van der Waals surface area contributed by atoms with E-state index in [0.29, 0.717) is 12.5 Å². The van der Waals surface area contributed by atoms with E-state index in [0.717, 1.165) is 18.8 Å². The normalized spacial score (nSPS) is 10.8. The van der Waals surface area contributed by atoms with Crippen LogP contribution in [0.25, 0.3) is 0 Å². The Balaban J connectivity index is 2.58. The number of aryl methyl sites for hydroxylation is 1. The third kappa shape index (κ3) is 4.59. The van der Waals surface area contributed by atoms with Gasteiger partial charge in [-0.2, -0.15) is 0 Å². The van der Waals surface area contributed by atoms with E-state index in [2.05, 4.69) is 21.3 Å². The molecule has 0 saturated heterocycles. The van der Waals surface area contributed by atoms with Gasteiger partial charge in [0.15, 0.2) is 0 Å². The fourth-order valence-electron chi connectivity index (χ4n) is 1.42. The minimum atomic E-state index is 0.669. The van der Waals surface area contributed by atoms with Gasteiger partial charge in [-0.15, -0.1) is 0 Å². The van der Waals surface area contributed by atoms with Crippen molar-refractivity contribution in [3.63, 3.8) is 0 Å². The first kappa shape index (κ1) is 12.9. The van der Waals surface area contributed by atoms with Gasteiger partial charge >= 0.3 is 0 Å². The zero-order chi connectivity index (χ0) is 12.0. The largest absolute Gasteiger partial charge is 0.476 e. The molecule has 0 spiro atoms. The van der Waals surface area contributed by atoms with E-state index in [9.17, 15) is 0 Å². The summed E-state index contributed by atoms with van der Waals surface area (Å²) in [5.74, 6) is 0.715. The average molecular weight is 223 g/mol. The summed E-state index contributed by atoms with van der Waals surface area (Å²) in [4.78, 5) is 6.43. The number of rotatable bonds is 6. The van der Waals surface area contributed by atoms with Crippen LogP contribution in [-0.2, 0) is 6.54 Å². The molecule has 4 heteroatoms. The Bertz CT molecular complexity index is 326. The Morgan fingerprint density at radius 2 is 2.12 bits per heavy atom. The number of likely N-dealkylation sites (N-methyl/N-ethyl adjacent to an activating group) is 1. The summed E-state index contributed by atoms with van der Waals surface area (Å²) in [7, 11) is 5.99. The molecular weight excluding hydrogens is 202 g/mol. The second kappa shape index (κ2) is 6.45. The molecule has 0 aliphatic carbocycles. The van der Waals surface area contributed by atoms with Crippen LogP contribution in [0.1, 0.15) is 11.3 Å². The van der Waals surface area contributed by atoms with Crippen LogP contribution in [0.2, 0.25) is 0 Å². The Kier molecular flexibility index (Phi) is 5.22. The summed E-state index contributed by atoms with van der Waals surface area (Å²) in [6, 6.07) is 4.05. The molecule has 0 aliphatic rings. The molecule has 0 bridgehead atoms. The van der Waals surface area contributed by atoms with Crippen molar-refractivity contribution < 1.29 is 4.74 Å². The van der Waals surface area contributed by atoms with Gasteiger partial charge in [0.1, 0.15) is 6.61 Å². The fourth-order valence-corrected chi connectivity index (χ4v) is 1.42. The summed E-state index contributed by atoms with van der Waals surface area (Å²) >= 11 is 0. The Morgan fingerprint density at radius 3 is 2.75 bits per heavy atom.